The molecule has 4 nitrogen and oxygen atoms in total. The van der Waals surface area contributed by atoms with E-state index in [1.165, 1.54) is 5.56 Å². The van der Waals surface area contributed by atoms with Crippen molar-refractivity contribution in [1.82, 2.24) is 0 Å². The summed E-state index contributed by atoms with van der Waals surface area (Å²) in [6.07, 6.45) is 7.00. The van der Waals surface area contributed by atoms with Crippen LogP contribution in [0.2, 0.25) is 0 Å². The molecule has 1 saturated heterocycles. The highest BCUT2D eigenvalue weighted by atomic mass is 16.7. The standard InChI is InChI=1S/C23H37BO4/c1-6-26-21(25)18-14-9-7-8-13-17-20(19-15-11-10-12-16-19)24-27-22(2,3)23(4,5)28-24/h10-12,15-16,20H,6-9,13-14,17-18H2,1-5H3/t20-/m0/s1. The van der Waals surface area contributed by atoms with Gasteiger partial charge >= 0.3 is 13.1 Å². The summed E-state index contributed by atoms with van der Waals surface area (Å²) >= 11 is 0. The van der Waals surface area contributed by atoms with Gasteiger partial charge in [-0.2, -0.15) is 0 Å². The maximum Gasteiger partial charge on any atom is 0.465 e. The Hall–Kier alpha value is -1.33. The van der Waals surface area contributed by atoms with Gasteiger partial charge in [-0.05, 0) is 53.0 Å². The summed E-state index contributed by atoms with van der Waals surface area (Å²) in [5.74, 6) is 0.161. The Labute approximate surface area is 171 Å². The molecule has 1 atom stereocenters. The monoisotopic (exact) mass is 388 g/mol. The largest absolute Gasteiger partial charge is 0.466 e. The third-order valence-electron chi connectivity index (χ3n) is 6.03. The van der Waals surface area contributed by atoms with E-state index in [2.05, 4.69) is 52.0 Å². The van der Waals surface area contributed by atoms with Crippen molar-refractivity contribution in [3.05, 3.63) is 35.9 Å². The molecule has 1 aliphatic heterocycles. The first kappa shape index (κ1) is 23.0. The van der Waals surface area contributed by atoms with Gasteiger partial charge in [0.1, 0.15) is 0 Å². The quantitative estimate of drug-likeness (QED) is 0.277. The second kappa shape index (κ2) is 10.5. The molecule has 0 aliphatic carbocycles. The zero-order chi connectivity index (χ0) is 20.6. The van der Waals surface area contributed by atoms with Gasteiger partial charge in [0.15, 0.2) is 0 Å². The summed E-state index contributed by atoms with van der Waals surface area (Å²) in [5, 5.41) is 0. The van der Waals surface area contributed by atoms with E-state index in [-0.39, 0.29) is 30.1 Å². The van der Waals surface area contributed by atoms with Gasteiger partial charge in [-0.25, -0.2) is 0 Å². The molecule has 0 radical (unpaired) electrons. The highest BCUT2D eigenvalue weighted by molar-refractivity contribution is 6.47. The number of hydrogen-bond donors (Lipinski definition) is 0. The third-order valence-corrected chi connectivity index (χ3v) is 6.03. The normalized spacial score (nSPS) is 18.8. The minimum atomic E-state index is -0.308. The first-order chi connectivity index (χ1) is 13.3. The fourth-order valence-electron chi connectivity index (χ4n) is 3.61. The second-order valence-corrected chi connectivity index (χ2v) is 8.75. The van der Waals surface area contributed by atoms with Gasteiger partial charge < -0.3 is 14.0 Å². The first-order valence-electron chi connectivity index (χ1n) is 10.8. The first-order valence-corrected chi connectivity index (χ1v) is 10.8. The van der Waals surface area contributed by atoms with E-state index < -0.39 is 0 Å². The SMILES string of the molecule is CCOC(=O)CCCCCCC[C@H](B1OC(C)(C)C(C)(C)O1)c1ccccc1. The molecular formula is C23H37BO4. The molecule has 0 bridgehead atoms. The van der Waals surface area contributed by atoms with Crippen molar-refractivity contribution in [3.63, 3.8) is 0 Å². The number of carbonyl (C=O) groups excluding carboxylic acids is 1. The molecule has 156 valence electrons. The van der Waals surface area contributed by atoms with Crippen LogP contribution in [-0.4, -0.2) is 30.9 Å². The van der Waals surface area contributed by atoms with Crippen molar-refractivity contribution in [3.8, 4) is 0 Å². The molecule has 0 aromatic heterocycles. The molecule has 1 aromatic rings. The van der Waals surface area contributed by atoms with E-state index in [9.17, 15) is 4.79 Å². The lowest BCUT2D eigenvalue weighted by Crippen LogP contribution is -2.41. The van der Waals surface area contributed by atoms with Crippen molar-refractivity contribution >= 4 is 13.1 Å². The van der Waals surface area contributed by atoms with Crippen molar-refractivity contribution in [2.75, 3.05) is 6.61 Å². The summed E-state index contributed by atoms with van der Waals surface area (Å²) in [4.78, 5) is 11.4. The van der Waals surface area contributed by atoms with Crippen molar-refractivity contribution in [2.45, 2.75) is 96.6 Å². The Balaban J connectivity index is 1.83. The molecule has 1 aliphatic rings. The zero-order valence-electron chi connectivity index (χ0n) is 18.3. The maximum absolute atomic E-state index is 11.4. The number of benzene rings is 1. The average Bonchev–Trinajstić information content (AvgIpc) is 2.85. The Morgan fingerprint density at radius 3 is 2.14 bits per heavy atom. The van der Waals surface area contributed by atoms with Crippen molar-refractivity contribution in [1.29, 1.82) is 0 Å². The summed E-state index contributed by atoms with van der Waals surface area (Å²) in [6, 6.07) is 10.6. The molecular weight excluding hydrogens is 351 g/mol. The summed E-state index contributed by atoms with van der Waals surface area (Å²) in [5.41, 5.74) is 0.665. The lowest BCUT2D eigenvalue weighted by molar-refractivity contribution is -0.143. The van der Waals surface area contributed by atoms with E-state index in [4.69, 9.17) is 14.0 Å². The van der Waals surface area contributed by atoms with E-state index in [1.54, 1.807) is 0 Å². The van der Waals surface area contributed by atoms with Gasteiger partial charge in [0.25, 0.3) is 0 Å². The fourth-order valence-corrected chi connectivity index (χ4v) is 3.61. The predicted octanol–water partition coefficient (Wildman–Crippen LogP) is 5.70. The lowest BCUT2D eigenvalue weighted by atomic mass is 9.65. The summed E-state index contributed by atoms with van der Waals surface area (Å²) in [7, 11) is -0.212. The Morgan fingerprint density at radius 2 is 1.54 bits per heavy atom. The van der Waals surface area contributed by atoms with Crippen LogP contribution in [0.4, 0.5) is 0 Å². The average molecular weight is 388 g/mol. The van der Waals surface area contributed by atoms with Gasteiger partial charge in [-0.1, -0.05) is 56.0 Å². The van der Waals surface area contributed by atoms with Gasteiger partial charge in [0.05, 0.1) is 17.8 Å². The van der Waals surface area contributed by atoms with Crippen LogP contribution in [0.15, 0.2) is 30.3 Å². The van der Waals surface area contributed by atoms with Crippen LogP contribution >= 0.6 is 0 Å². The van der Waals surface area contributed by atoms with E-state index in [1.807, 2.05) is 13.0 Å². The van der Waals surface area contributed by atoms with Crippen LogP contribution < -0.4 is 0 Å². The molecule has 1 heterocycles. The molecule has 5 heteroatoms. The number of ether oxygens (including phenoxy) is 1. The minimum Gasteiger partial charge on any atom is -0.466 e. The molecule has 0 saturated carbocycles. The molecule has 0 spiro atoms. The van der Waals surface area contributed by atoms with E-state index >= 15 is 0 Å². The van der Waals surface area contributed by atoms with E-state index in [0.717, 1.165) is 38.5 Å². The molecule has 1 aromatic carbocycles. The minimum absolute atomic E-state index is 0.0765. The second-order valence-electron chi connectivity index (χ2n) is 8.75. The molecule has 1 fully saturated rings. The van der Waals surface area contributed by atoms with Gasteiger partial charge in [-0.3, -0.25) is 4.79 Å². The highest BCUT2D eigenvalue weighted by Gasteiger charge is 2.53. The number of carbonyl (C=O) groups is 1. The lowest BCUT2D eigenvalue weighted by Gasteiger charge is -2.32. The predicted molar refractivity (Wildman–Crippen MR) is 114 cm³/mol. The number of rotatable bonds is 11. The third kappa shape index (κ3) is 6.35. The molecule has 0 unspecified atom stereocenters. The van der Waals surface area contributed by atoms with Crippen LogP contribution in [0.25, 0.3) is 0 Å². The van der Waals surface area contributed by atoms with Crippen LogP contribution in [0.1, 0.15) is 90.9 Å². The Morgan fingerprint density at radius 1 is 0.964 bits per heavy atom. The number of unbranched alkanes of at least 4 members (excludes halogenated alkanes) is 4. The Kier molecular flexibility index (Phi) is 8.57. The number of hydrogen-bond acceptors (Lipinski definition) is 4. The van der Waals surface area contributed by atoms with Crippen molar-refractivity contribution in [2.24, 2.45) is 0 Å². The summed E-state index contributed by atoms with van der Waals surface area (Å²) < 4.78 is 17.7. The highest BCUT2D eigenvalue weighted by Crippen LogP contribution is 2.42. The van der Waals surface area contributed by atoms with Crippen molar-refractivity contribution < 1.29 is 18.8 Å². The van der Waals surface area contributed by atoms with Gasteiger partial charge in [0, 0.05) is 12.2 Å². The Bertz CT molecular complexity index is 584. The molecule has 0 N–H and O–H groups in total. The number of esters is 1. The van der Waals surface area contributed by atoms with Crippen LogP contribution in [0.5, 0.6) is 0 Å². The fraction of sp³-hybridized carbons (Fsp3) is 0.696. The smallest absolute Gasteiger partial charge is 0.465 e. The molecule has 28 heavy (non-hydrogen) atoms. The molecule has 2 rings (SSSR count). The maximum atomic E-state index is 11.4. The van der Waals surface area contributed by atoms with Gasteiger partial charge in [-0.15, -0.1) is 0 Å². The van der Waals surface area contributed by atoms with E-state index in [0.29, 0.717) is 13.0 Å². The topological polar surface area (TPSA) is 44.8 Å². The van der Waals surface area contributed by atoms with Crippen LogP contribution in [-0.2, 0) is 18.8 Å². The zero-order valence-corrected chi connectivity index (χ0v) is 18.3. The summed E-state index contributed by atoms with van der Waals surface area (Å²) in [6.45, 7) is 10.8. The molecule has 0 amide bonds. The van der Waals surface area contributed by atoms with Gasteiger partial charge in [0.2, 0.25) is 0 Å². The van der Waals surface area contributed by atoms with Crippen LogP contribution in [0.3, 0.4) is 0 Å². The van der Waals surface area contributed by atoms with Crippen LogP contribution in [0, 0.1) is 0 Å².